The Morgan fingerprint density at radius 3 is 2.19 bits per heavy atom. The van der Waals surface area contributed by atoms with E-state index in [2.05, 4.69) is 0 Å². The Kier molecular flexibility index (Phi) is 2.37. The van der Waals surface area contributed by atoms with Crippen molar-refractivity contribution in [1.29, 1.82) is 0 Å². The van der Waals surface area contributed by atoms with Gasteiger partial charge < -0.3 is 15.2 Å². The van der Waals surface area contributed by atoms with E-state index in [-0.39, 0.29) is 0 Å². The number of nitrogens with two attached hydrogens (primary N) is 1. The summed E-state index contributed by atoms with van der Waals surface area (Å²) in [5.41, 5.74) is 6.40. The van der Waals surface area contributed by atoms with Crippen LogP contribution in [0.3, 0.4) is 0 Å². The first kappa shape index (κ1) is 11.6. The Labute approximate surface area is 100 Å². The van der Waals surface area contributed by atoms with Crippen LogP contribution in [0.15, 0.2) is 12.1 Å². The van der Waals surface area contributed by atoms with Crippen molar-refractivity contribution in [2.75, 3.05) is 0 Å². The van der Waals surface area contributed by atoms with Gasteiger partial charge in [-0.2, -0.15) is 0 Å². The van der Waals surface area contributed by atoms with Gasteiger partial charge in [0.1, 0.15) is 0 Å². The molecule has 0 unspecified atom stereocenters. The summed E-state index contributed by atoms with van der Waals surface area (Å²) < 4.78 is 11.2. The molecule has 0 fully saturated rings. The fourth-order valence-electron chi connectivity index (χ4n) is 1.74. The van der Waals surface area contributed by atoms with E-state index in [0.717, 1.165) is 5.56 Å². The largest absolute Gasteiger partial charge is 0.449 e. The Balaban J connectivity index is 2.49. The Morgan fingerprint density at radius 2 is 1.69 bits per heavy atom. The van der Waals surface area contributed by atoms with E-state index in [0.29, 0.717) is 16.5 Å². The number of hydrogen-bond donors (Lipinski definition) is 1. The maximum atomic E-state index is 6.17. The van der Waals surface area contributed by atoms with Crippen LogP contribution in [0.1, 0.15) is 33.3 Å². The average molecular weight is 242 g/mol. The van der Waals surface area contributed by atoms with Crippen molar-refractivity contribution in [2.45, 2.75) is 39.0 Å². The summed E-state index contributed by atoms with van der Waals surface area (Å²) in [7, 11) is 0. The van der Waals surface area contributed by atoms with Gasteiger partial charge in [0, 0.05) is 30.5 Å². The van der Waals surface area contributed by atoms with E-state index < -0.39 is 11.3 Å². The second kappa shape index (κ2) is 3.28. The van der Waals surface area contributed by atoms with Crippen LogP contribution in [0.4, 0.5) is 0 Å². The second-order valence-electron chi connectivity index (χ2n) is 5.10. The molecule has 0 amide bonds. The number of fused-ring (bicyclic) bond motifs is 1. The number of hydrogen-bond acceptors (Lipinski definition) is 3. The van der Waals surface area contributed by atoms with Gasteiger partial charge in [0.15, 0.2) is 11.5 Å². The lowest BCUT2D eigenvalue weighted by Gasteiger charge is -2.20. The van der Waals surface area contributed by atoms with Gasteiger partial charge in [-0.1, -0.05) is 11.6 Å². The van der Waals surface area contributed by atoms with E-state index in [1.54, 1.807) is 6.07 Å². The maximum absolute atomic E-state index is 6.17. The summed E-state index contributed by atoms with van der Waals surface area (Å²) in [4.78, 5) is 0. The highest BCUT2D eigenvalue weighted by Crippen LogP contribution is 2.44. The second-order valence-corrected chi connectivity index (χ2v) is 5.51. The number of halogens is 1. The zero-order valence-corrected chi connectivity index (χ0v) is 10.7. The van der Waals surface area contributed by atoms with Crippen LogP contribution in [0.2, 0.25) is 5.02 Å². The maximum Gasteiger partial charge on any atom is 0.246 e. The van der Waals surface area contributed by atoms with Crippen LogP contribution < -0.4 is 15.2 Å². The number of benzene rings is 1. The first-order valence-corrected chi connectivity index (χ1v) is 5.58. The molecule has 1 aromatic carbocycles. The summed E-state index contributed by atoms with van der Waals surface area (Å²) in [6.45, 7) is 7.52. The van der Waals surface area contributed by atoms with E-state index in [4.69, 9.17) is 26.8 Å². The fraction of sp³-hybridized carbons (Fsp3) is 0.500. The molecule has 0 saturated carbocycles. The molecule has 0 bridgehead atoms. The third-order valence-electron chi connectivity index (χ3n) is 2.44. The molecule has 0 radical (unpaired) electrons. The lowest BCUT2D eigenvalue weighted by atomic mass is 9.95. The normalized spacial score (nSPS) is 17.6. The molecule has 16 heavy (non-hydrogen) atoms. The number of rotatable bonds is 1. The molecule has 0 atom stereocenters. The molecule has 1 aromatic rings. The lowest BCUT2D eigenvalue weighted by Crippen LogP contribution is -2.30. The van der Waals surface area contributed by atoms with Gasteiger partial charge >= 0.3 is 0 Å². The molecule has 0 aliphatic carbocycles. The SMILES string of the molecule is CC1(C)Oc2cc(Cl)c(C(C)(C)N)cc2O1. The molecule has 88 valence electrons. The van der Waals surface area contributed by atoms with Gasteiger partial charge in [0.2, 0.25) is 5.79 Å². The summed E-state index contributed by atoms with van der Waals surface area (Å²) in [5.74, 6) is 0.731. The van der Waals surface area contributed by atoms with Gasteiger partial charge in [-0.05, 0) is 25.5 Å². The predicted molar refractivity (Wildman–Crippen MR) is 64.0 cm³/mol. The van der Waals surface area contributed by atoms with Gasteiger partial charge in [-0.3, -0.25) is 0 Å². The molecular weight excluding hydrogens is 226 g/mol. The van der Waals surface area contributed by atoms with Crippen LogP contribution in [0.25, 0.3) is 0 Å². The van der Waals surface area contributed by atoms with Gasteiger partial charge in [0.05, 0.1) is 0 Å². The van der Waals surface area contributed by atoms with Crippen molar-refractivity contribution in [3.63, 3.8) is 0 Å². The van der Waals surface area contributed by atoms with Gasteiger partial charge in [0.25, 0.3) is 0 Å². The van der Waals surface area contributed by atoms with Gasteiger partial charge in [-0.15, -0.1) is 0 Å². The van der Waals surface area contributed by atoms with Crippen LogP contribution in [-0.4, -0.2) is 5.79 Å². The van der Waals surface area contributed by atoms with Crippen molar-refractivity contribution >= 4 is 11.6 Å². The molecule has 1 heterocycles. The molecule has 0 saturated heterocycles. The highest BCUT2D eigenvalue weighted by Gasteiger charge is 2.33. The van der Waals surface area contributed by atoms with E-state index in [1.807, 2.05) is 33.8 Å². The molecule has 0 spiro atoms. The highest BCUT2D eigenvalue weighted by atomic mass is 35.5. The van der Waals surface area contributed by atoms with Crippen molar-refractivity contribution < 1.29 is 9.47 Å². The summed E-state index contributed by atoms with van der Waals surface area (Å²) in [6.07, 6.45) is 0. The molecule has 1 aliphatic rings. The van der Waals surface area contributed by atoms with Crippen molar-refractivity contribution in [1.82, 2.24) is 0 Å². The van der Waals surface area contributed by atoms with Crippen molar-refractivity contribution in [3.8, 4) is 11.5 Å². The quantitative estimate of drug-likeness (QED) is 0.822. The molecule has 2 rings (SSSR count). The van der Waals surface area contributed by atoms with Crippen LogP contribution in [-0.2, 0) is 5.54 Å². The van der Waals surface area contributed by atoms with Crippen molar-refractivity contribution in [2.24, 2.45) is 5.73 Å². The van der Waals surface area contributed by atoms with E-state index >= 15 is 0 Å². The minimum Gasteiger partial charge on any atom is -0.449 e. The Morgan fingerprint density at radius 1 is 1.19 bits per heavy atom. The zero-order valence-electron chi connectivity index (χ0n) is 9.93. The van der Waals surface area contributed by atoms with Crippen LogP contribution >= 0.6 is 11.6 Å². The zero-order chi connectivity index (χ0) is 12.1. The summed E-state index contributed by atoms with van der Waals surface area (Å²) >= 11 is 6.17. The predicted octanol–water partition coefficient (Wildman–Crippen LogP) is 3.04. The molecule has 0 aromatic heterocycles. The summed E-state index contributed by atoms with van der Waals surface area (Å²) in [6, 6.07) is 3.61. The van der Waals surface area contributed by atoms with Crippen molar-refractivity contribution in [3.05, 3.63) is 22.7 Å². The third kappa shape index (κ3) is 1.97. The highest BCUT2D eigenvalue weighted by molar-refractivity contribution is 6.31. The van der Waals surface area contributed by atoms with E-state index in [1.165, 1.54) is 0 Å². The first-order chi connectivity index (χ1) is 7.19. The molecule has 4 heteroatoms. The standard InChI is InChI=1S/C12H16ClNO2/c1-11(2,14)7-5-9-10(6-8(7)13)16-12(3,4)15-9/h5-6H,14H2,1-4H3. The topological polar surface area (TPSA) is 44.5 Å². The minimum atomic E-state index is -0.636. The van der Waals surface area contributed by atoms with Crippen LogP contribution in [0, 0.1) is 0 Å². The molecule has 2 N–H and O–H groups in total. The molecular formula is C12H16ClNO2. The first-order valence-electron chi connectivity index (χ1n) is 5.20. The summed E-state index contributed by atoms with van der Waals surface area (Å²) in [5, 5.41) is 0.604. The Bertz CT molecular complexity index is 435. The average Bonchev–Trinajstić information content (AvgIpc) is 2.34. The minimum absolute atomic E-state index is 0.498. The molecule has 3 nitrogen and oxygen atoms in total. The number of ether oxygens (including phenoxy) is 2. The Hall–Kier alpha value is -0.930. The van der Waals surface area contributed by atoms with Crippen LogP contribution in [0.5, 0.6) is 11.5 Å². The fourth-order valence-corrected chi connectivity index (χ4v) is 2.14. The van der Waals surface area contributed by atoms with Gasteiger partial charge in [-0.25, -0.2) is 0 Å². The third-order valence-corrected chi connectivity index (χ3v) is 2.75. The van der Waals surface area contributed by atoms with E-state index in [9.17, 15) is 0 Å². The molecule has 1 aliphatic heterocycles. The monoisotopic (exact) mass is 241 g/mol. The smallest absolute Gasteiger partial charge is 0.246 e. The lowest BCUT2D eigenvalue weighted by molar-refractivity contribution is -0.0431.